The number of hydrogen-bond donors (Lipinski definition) is 0. The van der Waals surface area contributed by atoms with E-state index in [1.807, 2.05) is 0 Å². The van der Waals surface area contributed by atoms with E-state index in [2.05, 4.69) is 14.2 Å². The van der Waals surface area contributed by atoms with Gasteiger partial charge in [0.05, 0.1) is 12.2 Å². The van der Waals surface area contributed by atoms with Crippen molar-refractivity contribution in [2.45, 2.75) is 19.9 Å². The van der Waals surface area contributed by atoms with E-state index < -0.39 is 41.6 Å². The minimum Gasteiger partial charge on any atom is -0.462 e. The molecule has 120 valence electrons. The first-order valence-corrected chi connectivity index (χ1v) is 5.63. The van der Waals surface area contributed by atoms with E-state index in [1.165, 1.54) is 13.0 Å². The largest absolute Gasteiger partial charge is 0.573 e. The topological polar surface area (TPSA) is 68.5 Å². The highest BCUT2D eigenvalue weighted by molar-refractivity contribution is 5.94. The lowest BCUT2D eigenvalue weighted by molar-refractivity contribution is -0.274. The third kappa shape index (κ3) is 4.76. The van der Waals surface area contributed by atoms with Crippen molar-refractivity contribution in [3.05, 3.63) is 23.3 Å². The van der Waals surface area contributed by atoms with Crippen molar-refractivity contribution in [3.63, 3.8) is 0 Å². The van der Waals surface area contributed by atoms with Gasteiger partial charge in [0.25, 0.3) is 0 Å². The number of rotatable bonds is 5. The van der Waals surface area contributed by atoms with Crippen LogP contribution in [0.2, 0.25) is 0 Å². The molecule has 0 saturated carbocycles. The molecule has 0 atom stereocenters. The maximum atomic E-state index is 12.4. The number of nitriles is 1. The maximum absolute atomic E-state index is 12.4. The van der Waals surface area contributed by atoms with Crippen molar-refractivity contribution in [2.24, 2.45) is 0 Å². The molecule has 0 N–H and O–H groups in total. The number of halogens is 5. The zero-order valence-electron chi connectivity index (χ0n) is 10.9. The van der Waals surface area contributed by atoms with Gasteiger partial charge in [-0.15, -0.1) is 13.2 Å². The van der Waals surface area contributed by atoms with Gasteiger partial charge in [0.15, 0.2) is 5.75 Å². The van der Waals surface area contributed by atoms with E-state index in [4.69, 9.17) is 5.26 Å². The summed E-state index contributed by atoms with van der Waals surface area (Å²) < 4.78 is 73.5. The smallest absolute Gasteiger partial charge is 0.462 e. The van der Waals surface area contributed by atoms with Gasteiger partial charge in [-0.25, -0.2) is 4.79 Å². The summed E-state index contributed by atoms with van der Waals surface area (Å²) in [6.07, 6.45) is -5.20. The van der Waals surface area contributed by atoms with Gasteiger partial charge in [0.1, 0.15) is 17.4 Å². The Bertz CT molecular complexity index is 594. The molecule has 0 amide bonds. The summed E-state index contributed by atoms with van der Waals surface area (Å²) in [5.74, 6) is -3.10. The molecule has 0 aliphatic carbocycles. The fraction of sp³-hybridized carbons (Fsp3) is 0.333. The van der Waals surface area contributed by atoms with E-state index in [0.29, 0.717) is 12.1 Å². The fourth-order valence-corrected chi connectivity index (χ4v) is 1.44. The lowest BCUT2D eigenvalue weighted by atomic mass is 10.1. The van der Waals surface area contributed by atoms with Crippen LogP contribution in [-0.2, 0) is 4.74 Å². The van der Waals surface area contributed by atoms with Crippen molar-refractivity contribution in [1.29, 1.82) is 5.26 Å². The van der Waals surface area contributed by atoms with Crippen molar-refractivity contribution < 1.29 is 41.0 Å². The van der Waals surface area contributed by atoms with Crippen LogP contribution in [0.3, 0.4) is 0 Å². The molecule has 0 heterocycles. The molecule has 0 spiro atoms. The second-order valence-electron chi connectivity index (χ2n) is 3.61. The molecule has 0 radical (unpaired) electrons. The lowest BCUT2D eigenvalue weighted by Gasteiger charge is -2.15. The average molecular weight is 325 g/mol. The second kappa shape index (κ2) is 6.93. The highest BCUT2D eigenvalue weighted by atomic mass is 19.4. The number of alkyl halides is 5. The number of nitrogens with zero attached hydrogens (tertiary/aromatic N) is 1. The molecule has 1 rings (SSSR count). The Morgan fingerprint density at radius 2 is 2.00 bits per heavy atom. The van der Waals surface area contributed by atoms with Crippen LogP contribution in [-0.4, -0.2) is 25.6 Å². The Labute approximate surface area is 120 Å². The highest BCUT2D eigenvalue weighted by Crippen LogP contribution is 2.34. The molecule has 0 aromatic heterocycles. The van der Waals surface area contributed by atoms with Gasteiger partial charge in [0, 0.05) is 6.07 Å². The van der Waals surface area contributed by atoms with Crippen LogP contribution in [0.1, 0.15) is 22.8 Å². The van der Waals surface area contributed by atoms with Crippen LogP contribution in [0.5, 0.6) is 11.5 Å². The monoisotopic (exact) mass is 325 g/mol. The number of ether oxygens (including phenoxy) is 3. The highest BCUT2D eigenvalue weighted by Gasteiger charge is 2.35. The van der Waals surface area contributed by atoms with Gasteiger partial charge in [0.2, 0.25) is 0 Å². The number of esters is 1. The molecule has 10 heteroatoms. The standard InChI is InChI=1S/C12H8F5NO4/c1-2-20-10(19)8-4-7(21-11(13)14)3-6(5-18)9(8)22-12(15,16)17/h3-4,11H,2H2,1H3. The molecule has 1 aromatic rings. The minimum atomic E-state index is -5.20. The predicted molar refractivity (Wildman–Crippen MR) is 60.4 cm³/mol. The summed E-state index contributed by atoms with van der Waals surface area (Å²) in [4.78, 5) is 11.6. The number of benzene rings is 1. The summed E-state index contributed by atoms with van der Waals surface area (Å²) >= 11 is 0. The summed E-state index contributed by atoms with van der Waals surface area (Å²) in [6, 6.07) is 2.48. The predicted octanol–water partition coefficient (Wildman–Crippen LogP) is 3.23. The first-order chi connectivity index (χ1) is 10.2. The number of carbonyl (C=O) groups excluding carboxylic acids is 1. The Kier molecular flexibility index (Phi) is 5.50. The molecule has 0 saturated heterocycles. The van der Waals surface area contributed by atoms with Gasteiger partial charge in [-0.1, -0.05) is 0 Å². The Hall–Kier alpha value is -2.57. The van der Waals surface area contributed by atoms with Crippen LogP contribution >= 0.6 is 0 Å². The maximum Gasteiger partial charge on any atom is 0.573 e. The van der Waals surface area contributed by atoms with Gasteiger partial charge in [-0.3, -0.25) is 0 Å². The molecule has 0 aliphatic heterocycles. The summed E-state index contributed by atoms with van der Waals surface area (Å²) in [5.41, 5.74) is -1.66. The minimum absolute atomic E-state index is 0.188. The molecule has 0 fully saturated rings. The molecule has 0 aliphatic rings. The Morgan fingerprint density at radius 1 is 1.36 bits per heavy atom. The Balaban J connectivity index is 3.44. The number of hydrogen-bond acceptors (Lipinski definition) is 5. The molecule has 5 nitrogen and oxygen atoms in total. The van der Waals surface area contributed by atoms with Gasteiger partial charge in [-0.05, 0) is 13.0 Å². The molecule has 0 bridgehead atoms. The van der Waals surface area contributed by atoms with E-state index >= 15 is 0 Å². The van der Waals surface area contributed by atoms with E-state index in [9.17, 15) is 26.7 Å². The molecular weight excluding hydrogens is 317 g/mol. The van der Waals surface area contributed by atoms with Crippen LogP contribution < -0.4 is 9.47 Å². The summed E-state index contributed by atoms with van der Waals surface area (Å²) in [5, 5.41) is 8.82. The first kappa shape index (κ1) is 17.5. The molecule has 0 unspecified atom stereocenters. The van der Waals surface area contributed by atoms with Crippen molar-refractivity contribution in [1.82, 2.24) is 0 Å². The molecule has 1 aromatic carbocycles. The van der Waals surface area contributed by atoms with E-state index in [-0.39, 0.29) is 6.61 Å². The van der Waals surface area contributed by atoms with Gasteiger partial charge >= 0.3 is 18.9 Å². The quantitative estimate of drug-likeness (QED) is 0.614. The first-order valence-electron chi connectivity index (χ1n) is 5.63. The van der Waals surface area contributed by atoms with Crippen molar-refractivity contribution in [2.75, 3.05) is 6.61 Å². The van der Waals surface area contributed by atoms with Crippen LogP contribution in [0.4, 0.5) is 22.0 Å². The van der Waals surface area contributed by atoms with Crippen LogP contribution in [0.15, 0.2) is 12.1 Å². The fourth-order valence-electron chi connectivity index (χ4n) is 1.44. The Morgan fingerprint density at radius 3 is 2.45 bits per heavy atom. The second-order valence-corrected chi connectivity index (χ2v) is 3.61. The molecule has 22 heavy (non-hydrogen) atoms. The average Bonchev–Trinajstić information content (AvgIpc) is 2.38. The molecular formula is C12H8F5NO4. The summed E-state index contributed by atoms with van der Waals surface area (Å²) in [7, 11) is 0. The number of carbonyl (C=O) groups is 1. The lowest BCUT2D eigenvalue weighted by Crippen LogP contribution is -2.21. The van der Waals surface area contributed by atoms with Gasteiger partial charge < -0.3 is 14.2 Å². The van der Waals surface area contributed by atoms with Crippen molar-refractivity contribution >= 4 is 5.97 Å². The van der Waals surface area contributed by atoms with E-state index in [1.54, 1.807) is 0 Å². The zero-order chi connectivity index (χ0) is 16.9. The normalized spacial score (nSPS) is 11.0. The SMILES string of the molecule is CCOC(=O)c1cc(OC(F)F)cc(C#N)c1OC(F)(F)F. The van der Waals surface area contributed by atoms with Crippen LogP contribution in [0.25, 0.3) is 0 Å². The zero-order valence-corrected chi connectivity index (χ0v) is 10.9. The third-order valence-corrected chi connectivity index (χ3v) is 2.12. The summed E-state index contributed by atoms with van der Waals surface area (Å²) in [6.45, 7) is -2.10. The van der Waals surface area contributed by atoms with E-state index in [0.717, 1.165) is 0 Å². The third-order valence-electron chi connectivity index (χ3n) is 2.12. The van der Waals surface area contributed by atoms with Gasteiger partial charge in [-0.2, -0.15) is 14.0 Å². The van der Waals surface area contributed by atoms with Crippen LogP contribution in [0, 0.1) is 11.3 Å². The van der Waals surface area contributed by atoms with Crippen molar-refractivity contribution in [3.8, 4) is 17.6 Å².